The van der Waals surface area contributed by atoms with E-state index in [1.54, 1.807) is 0 Å². The van der Waals surface area contributed by atoms with Crippen LogP contribution in [-0.4, -0.2) is 526 Å². The van der Waals surface area contributed by atoms with Gasteiger partial charge in [0.15, 0.2) is 69.0 Å². The summed E-state index contributed by atoms with van der Waals surface area (Å²) in [7, 11) is 0. The van der Waals surface area contributed by atoms with Gasteiger partial charge < -0.3 is 249 Å². The molecule has 694 valence electrons. The molecule has 0 aromatic rings. The lowest BCUT2D eigenvalue weighted by Crippen LogP contribution is -2.71. The van der Waals surface area contributed by atoms with Gasteiger partial charge in [0, 0.05) is 20.8 Å². The molecule has 0 saturated carbocycles. The van der Waals surface area contributed by atoms with Crippen molar-refractivity contribution in [2.75, 3.05) is 52.9 Å². The molecule has 10 aliphatic heterocycles. The van der Waals surface area contributed by atoms with E-state index in [0.717, 1.165) is 20.8 Å². The van der Waals surface area contributed by atoms with E-state index in [4.69, 9.17) is 90.0 Å². The molecule has 10 saturated heterocycles. The summed E-state index contributed by atoms with van der Waals surface area (Å²) in [6.07, 6.45) is -99.8. The predicted octanol–water partition coefficient (Wildman–Crippen LogP) is -21.3. The molecule has 0 bridgehead atoms. The minimum Gasteiger partial charge on any atom is -0.479 e. The molecule has 0 spiro atoms. The van der Waals surface area contributed by atoms with Crippen molar-refractivity contribution in [2.24, 2.45) is 0 Å². The van der Waals surface area contributed by atoms with Gasteiger partial charge >= 0.3 is 5.97 Å². The zero-order chi connectivity index (χ0) is 88.4. The van der Waals surface area contributed by atoms with Gasteiger partial charge in [-0.05, 0) is 6.92 Å². The smallest absolute Gasteiger partial charge is 0.335 e. The fraction of sp³-hybridized carbons (Fsp3) is 0.939. The summed E-state index contributed by atoms with van der Waals surface area (Å²) in [6.45, 7) is -4.91. The number of hydrogen-bond donors (Lipinski definition) is 31. The Bertz CT molecular complexity index is 3250. The Morgan fingerprint density at radius 3 is 1.02 bits per heavy atom. The van der Waals surface area contributed by atoms with Crippen molar-refractivity contribution in [1.29, 1.82) is 0 Å². The Morgan fingerprint density at radius 2 is 0.558 bits per heavy atom. The van der Waals surface area contributed by atoms with Crippen molar-refractivity contribution in [1.82, 2.24) is 16.0 Å². The normalized spacial score (nSPS) is 50.4. The molecule has 31 N–H and O–H groups in total. The molecule has 0 radical (unpaired) electrons. The number of amides is 3. The molecule has 0 unspecified atom stereocenters. The zero-order valence-corrected chi connectivity index (χ0v) is 63.9. The molecule has 120 heavy (non-hydrogen) atoms. The van der Waals surface area contributed by atoms with Gasteiger partial charge in [0.05, 0.1) is 59.0 Å². The maximum Gasteiger partial charge on any atom is 0.335 e. The fourth-order valence-electron chi connectivity index (χ4n) is 15.4. The SMILES string of the molecule is CC(=O)N[C@@H]1[C@@H](O)[C@H](O[C@@H]2O[C@H](CO)[C@@H](O[C@H]3O[C@H](CO[C@H]4O[C@H](CO)[C@@H](O)[C@H](O[C@H]5O[C@H](CO)[C@@H](O)[C@H](O)[C@@H]5O)[C@@H]4O)[C@@H](O)[C@H](O[C@H]4O[C@H](CO)[C@@H](O)[C@H](O)[C@@H]4O[C@@H]4O[C@H](CO)[C@@H](O[C@H]5O[C@H](CO)[C@H](O)[C@H](O[C@@H]6O[C@H](C(=O)O)[C@@H](O)[C@H](O)[C@H]6O)[C@H]5O)[C@H](O)[C@H]4NC(C)=O)[C@@H]3O)[C@H](O)[C@H]2NC(C)=O)[C@@H](CO[C@@H]2O[C@H](C)[C@H](O)[C@H](O)[C@H]2O)O[C@H]1O. The van der Waals surface area contributed by atoms with E-state index < -0.39 is 383 Å². The van der Waals surface area contributed by atoms with Crippen LogP contribution in [0.5, 0.6) is 0 Å². The van der Waals surface area contributed by atoms with Crippen molar-refractivity contribution in [2.45, 2.75) is 335 Å². The summed E-state index contributed by atoms with van der Waals surface area (Å²) >= 11 is 0. The van der Waals surface area contributed by atoms with E-state index in [1.807, 2.05) is 0 Å². The summed E-state index contributed by atoms with van der Waals surface area (Å²) < 4.78 is 111. The van der Waals surface area contributed by atoms with Crippen LogP contribution in [0.3, 0.4) is 0 Å². The number of nitrogens with one attached hydrogen (secondary N) is 3. The van der Waals surface area contributed by atoms with Gasteiger partial charge in [0.1, 0.15) is 232 Å². The number of carboxylic acids is 1. The Kier molecular flexibility index (Phi) is 34.6. The molecule has 10 heterocycles. The van der Waals surface area contributed by atoms with Crippen LogP contribution >= 0.6 is 0 Å². The van der Waals surface area contributed by atoms with Crippen LogP contribution in [0.25, 0.3) is 0 Å². The lowest BCUT2D eigenvalue weighted by molar-refractivity contribution is -0.399. The monoisotopic (exact) mass is 1760 g/mol. The molecule has 10 aliphatic rings. The van der Waals surface area contributed by atoms with E-state index >= 15 is 0 Å². The highest BCUT2D eigenvalue weighted by Crippen LogP contribution is 2.41. The first-order chi connectivity index (χ1) is 56.6. The summed E-state index contributed by atoms with van der Waals surface area (Å²) in [6, 6.07) is -5.84. The number of hydrogen-bond acceptors (Lipinski definition) is 50. The van der Waals surface area contributed by atoms with Gasteiger partial charge in [-0.1, -0.05) is 0 Å². The van der Waals surface area contributed by atoms with Gasteiger partial charge in [-0.2, -0.15) is 0 Å². The molecule has 0 aromatic heterocycles. The Hall–Kier alpha value is -3.96. The van der Waals surface area contributed by atoms with Crippen molar-refractivity contribution >= 4 is 23.7 Å². The molecule has 0 aliphatic carbocycles. The number of aliphatic hydroxyl groups is 27. The number of carboxylic acid groups (broad SMARTS) is 1. The molecule has 10 fully saturated rings. The predicted molar refractivity (Wildman–Crippen MR) is 364 cm³/mol. The van der Waals surface area contributed by atoms with Crippen molar-refractivity contribution in [3.63, 3.8) is 0 Å². The highest BCUT2D eigenvalue weighted by atomic mass is 16.8. The first-order valence-corrected chi connectivity index (χ1v) is 38.0. The third kappa shape index (κ3) is 21.2. The van der Waals surface area contributed by atoms with Crippen molar-refractivity contribution < 1.29 is 252 Å². The van der Waals surface area contributed by atoms with Crippen molar-refractivity contribution in [3.05, 3.63) is 0 Å². The van der Waals surface area contributed by atoms with Crippen LogP contribution in [0.1, 0.15) is 27.7 Å². The summed E-state index contributed by atoms with van der Waals surface area (Å²) in [5, 5.41) is 317. The van der Waals surface area contributed by atoms with Gasteiger partial charge in [-0.3, -0.25) is 14.4 Å². The first kappa shape index (κ1) is 98.2. The summed E-state index contributed by atoms with van der Waals surface area (Å²) in [5.74, 6) is -4.73. The largest absolute Gasteiger partial charge is 0.479 e. The van der Waals surface area contributed by atoms with E-state index in [0.29, 0.717) is 0 Å². The number of carbonyl (C=O) groups excluding carboxylic acids is 3. The molecule has 10 rings (SSSR count). The van der Waals surface area contributed by atoms with Crippen LogP contribution in [0.15, 0.2) is 0 Å². The quantitative estimate of drug-likeness (QED) is 0.0318. The molecule has 54 nitrogen and oxygen atoms in total. The standard InChI is InChI=1S/C66H109N3O51/c1-13-28(79)37(88)42(93)60(104-13)103-12-24-50(34(85)25(57(101)105-24)67-14(2)76)113-58-26(68-15(3)77)35(86)49(21(9-74)110-58)115-65-47(98)53(33(84)23(112-65)11-102-61-45(96)51(31(82)19(7-72)106-61)116-62-43(94)38(89)29(80)17(5-70)107-62)118-66-55(40(91)30(81)18(6-71)109-66)120-59-27(69-16(4)78)36(87)48(22(10-75)111-59)114-64-46(97)52(32(83)20(8-73)108-64)117-63-44(95)39(90)41(92)54(119-63)56(99)100/h13,17-55,57-66,70-75,79-98,101H,5-12H2,1-4H3,(H,67,76)(H,68,77)(H,69,78)(H,99,100)/t13-,17-,18-,19-,20-,21-,22-,23-,24-,25-,26-,27-,28+,29-,30-,31-,32+,33-,34-,35-,36-,37+,38+,39+,40+,41+,42-,43+,44-,45+,46-,47+,48-,49-,50-,51+,52+,53+,54+,55+,57-,58+,59+,60-,61+,62-,63-,64-,65-,66-/m1/s1. The number of ether oxygens (including phenoxy) is 19. The van der Waals surface area contributed by atoms with Gasteiger partial charge in [-0.15, -0.1) is 0 Å². The Labute approximate surface area is 677 Å². The lowest BCUT2D eigenvalue weighted by atomic mass is 9.93. The molecule has 0 aromatic carbocycles. The van der Waals surface area contributed by atoms with E-state index in [1.165, 1.54) is 6.92 Å². The average molecular weight is 1760 g/mol. The third-order valence-corrected chi connectivity index (χ3v) is 22.0. The molecular formula is C66H109N3O51. The second kappa shape index (κ2) is 42.3. The first-order valence-electron chi connectivity index (χ1n) is 38.0. The second-order valence-corrected chi connectivity index (χ2v) is 30.3. The maximum atomic E-state index is 13.2. The highest BCUT2D eigenvalue weighted by molar-refractivity contribution is 5.74. The molecular weight excluding hydrogens is 1650 g/mol. The van der Waals surface area contributed by atoms with Crippen LogP contribution in [0, 0.1) is 0 Å². The maximum absolute atomic E-state index is 13.2. The summed E-state index contributed by atoms with van der Waals surface area (Å²) in [5.41, 5.74) is 0. The fourth-order valence-corrected chi connectivity index (χ4v) is 15.4. The van der Waals surface area contributed by atoms with Crippen LogP contribution in [-0.2, 0) is 109 Å². The van der Waals surface area contributed by atoms with Gasteiger partial charge in [-0.25, -0.2) is 4.79 Å². The third-order valence-electron chi connectivity index (χ3n) is 22.0. The highest BCUT2D eigenvalue weighted by Gasteiger charge is 2.62. The minimum absolute atomic E-state index is 0.843. The topological polar surface area (TPSA) is 846 Å². The van der Waals surface area contributed by atoms with Crippen molar-refractivity contribution in [3.8, 4) is 0 Å². The number of rotatable bonds is 30. The molecule has 54 heteroatoms. The van der Waals surface area contributed by atoms with E-state index in [2.05, 4.69) is 16.0 Å². The van der Waals surface area contributed by atoms with Gasteiger partial charge in [0.25, 0.3) is 0 Å². The second-order valence-electron chi connectivity index (χ2n) is 30.3. The number of aliphatic hydroxyl groups excluding tert-OH is 27. The van der Waals surface area contributed by atoms with Crippen LogP contribution in [0.4, 0.5) is 0 Å². The molecule has 50 atom stereocenters. The lowest BCUT2D eigenvalue weighted by Gasteiger charge is -2.51. The average Bonchev–Trinajstić information content (AvgIpc) is 0.764. The van der Waals surface area contributed by atoms with Crippen LogP contribution < -0.4 is 16.0 Å². The zero-order valence-electron chi connectivity index (χ0n) is 63.9. The number of carbonyl (C=O) groups is 4. The molecule has 3 amide bonds. The Balaban J connectivity index is 0.951. The Morgan fingerprint density at radius 1 is 0.258 bits per heavy atom. The summed E-state index contributed by atoms with van der Waals surface area (Å²) in [4.78, 5) is 50.6. The van der Waals surface area contributed by atoms with Gasteiger partial charge in [0.2, 0.25) is 17.7 Å². The van der Waals surface area contributed by atoms with E-state index in [-0.39, 0.29) is 0 Å². The number of aliphatic carboxylic acids is 1. The minimum atomic E-state index is -2.61. The van der Waals surface area contributed by atoms with Crippen LogP contribution in [0.2, 0.25) is 0 Å². The van der Waals surface area contributed by atoms with E-state index in [9.17, 15) is 162 Å².